The van der Waals surface area contributed by atoms with Gasteiger partial charge in [0.25, 0.3) is 5.91 Å². The second-order valence-electron chi connectivity index (χ2n) is 4.94. The van der Waals surface area contributed by atoms with Crippen LogP contribution >= 0.6 is 0 Å². The molecule has 1 amide bonds. The number of rotatable bonds is 5. The number of aromatic nitrogens is 3. The molecule has 2 N–H and O–H groups in total. The number of amides is 1. The van der Waals surface area contributed by atoms with E-state index in [1.54, 1.807) is 25.6 Å². The molecule has 0 saturated carbocycles. The quantitative estimate of drug-likeness (QED) is 0.758. The summed E-state index contributed by atoms with van der Waals surface area (Å²) in [6, 6.07) is 13.0. The molecule has 0 fully saturated rings. The third-order valence-electron chi connectivity index (χ3n) is 3.39. The minimum Gasteiger partial charge on any atom is -0.497 e. The second-order valence-corrected chi connectivity index (χ2v) is 4.94. The number of carbonyl (C=O) groups is 1. The van der Waals surface area contributed by atoms with Gasteiger partial charge in [0.15, 0.2) is 0 Å². The fourth-order valence-electron chi connectivity index (χ4n) is 2.17. The number of benzene rings is 1. The Morgan fingerprint density at radius 3 is 2.83 bits per heavy atom. The van der Waals surface area contributed by atoms with Crippen molar-refractivity contribution in [2.45, 2.75) is 6.54 Å². The van der Waals surface area contributed by atoms with Crippen molar-refractivity contribution in [1.29, 1.82) is 0 Å². The van der Waals surface area contributed by atoms with E-state index in [1.807, 2.05) is 36.4 Å². The van der Waals surface area contributed by atoms with Crippen LogP contribution in [-0.2, 0) is 6.54 Å². The molecule has 0 aliphatic heterocycles. The number of hydrogen-bond donors (Lipinski definition) is 2. The summed E-state index contributed by atoms with van der Waals surface area (Å²) in [7, 11) is 1.61. The van der Waals surface area contributed by atoms with E-state index in [1.165, 1.54) is 0 Å². The first-order valence-corrected chi connectivity index (χ1v) is 7.13. The van der Waals surface area contributed by atoms with Crippen molar-refractivity contribution in [2.24, 2.45) is 0 Å². The third-order valence-corrected chi connectivity index (χ3v) is 3.39. The van der Waals surface area contributed by atoms with Crippen LogP contribution in [-0.4, -0.2) is 28.2 Å². The fourth-order valence-corrected chi connectivity index (χ4v) is 2.17. The molecular formula is C17H16N4O2. The van der Waals surface area contributed by atoms with Crippen LogP contribution in [0.3, 0.4) is 0 Å². The Labute approximate surface area is 133 Å². The van der Waals surface area contributed by atoms with Crippen molar-refractivity contribution in [3.63, 3.8) is 0 Å². The number of H-pyrrole nitrogens is 1. The number of nitrogens with zero attached hydrogens (tertiary/aromatic N) is 2. The highest BCUT2D eigenvalue weighted by Crippen LogP contribution is 2.16. The van der Waals surface area contributed by atoms with Gasteiger partial charge in [-0.1, -0.05) is 12.1 Å². The lowest BCUT2D eigenvalue weighted by atomic mass is 10.2. The van der Waals surface area contributed by atoms with Crippen molar-refractivity contribution in [3.8, 4) is 17.0 Å². The zero-order chi connectivity index (χ0) is 16.1. The fraction of sp³-hybridized carbons (Fsp3) is 0.118. The molecule has 116 valence electrons. The van der Waals surface area contributed by atoms with Gasteiger partial charge in [0.1, 0.15) is 11.4 Å². The number of carbonyl (C=O) groups excluding carboxylic acids is 1. The number of ether oxygens (including phenoxy) is 1. The smallest absolute Gasteiger partial charge is 0.269 e. The van der Waals surface area contributed by atoms with Crippen LogP contribution in [0.5, 0.6) is 5.75 Å². The summed E-state index contributed by atoms with van der Waals surface area (Å²) in [5.41, 5.74) is 2.99. The van der Waals surface area contributed by atoms with Crippen molar-refractivity contribution in [3.05, 3.63) is 66.1 Å². The van der Waals surface area contributed by atoms with E-state index in [0.29, 0.717) is 17.9 Å². The second kappa shape index (κ2) is 6.74. The molecule has 0 unspecified atom stereocenters. The maximum Gasteiger partial charge on any atom is 0.269 e. The predicted octanol–water partition coefficient (Wildman–Crippen LogP) is 2.41. The Kier molecular flexibility index (Phi) is 4.33. The van der Waals surface area contributed by atoms with Crippen LogP contribution in [0.2, 0.25) is 0 Å². The molecule has 0 atom stereocenters. The first-order chi connectivity index (χ1) is 11.3. The van der Waals surface area contributed by atoms with Gasteiger partial charge in [-0.3, -0.25) is 14.9 Å². The molecule has 23 heavy (non-hydrogen) atoms. The predicted molar refractivity (Wildman–Crippen MR) is 86.0 cm³/mol. The van der Waals surface area contributed by atoms with Crippen LogP contribution in [0.25, 0.3) is 11.3 Å². The average molecular weight is 308 g/mol. The highest BCUT2D eigenvalue weighted by atomic mass is 16.5. The van der Waals surface area contributed by atoms with E-state index < -0.39 is 0 Å². The van der Waals surface area contributed by atoms with E-state index in [9.17, 15) is 4.79 Å². The lowest BCUT2D eigenvalue weighted by molar-refractivity contribution is 0.0946. The number of hydrogen-bond acceptors (Lipinski definition) is 4. The van der Waals surface area contributed by atoms with Crippen molar-refractivity contribution < 1.29 is 9.53 Å². The minimum atomic E-state index is -0.208. The highest BCUT2D eigenvalue weighted by molar-refractivity contribution is 5.93. The van der Waals surface area contributed by atoms with Gasteiger partial charge in [0.05, 0.1) is 12.8 Å². The van der Waals surface area contributed by atoms with Gasteiger partial charge in [-0.25, -0.2) is 0 Å². The molecule has 0 aliphatic carbocycles. The van der Waals surface area contributed by atoms with Gasteiger partial charge in [0, 0.05) is 24.5 Å². The molecule has 6 heteroatoms. The van der Waals surface area contributed by atoms with E-state index in [4.69, 9.17) is 4.74 Å². The lowest BCUT2D eigenvalue weighted by Gasteiger charge is -2.05. The summed E-state index contributed by atoms with van der Waals surface area (Å²) in [4.78, 5) is 16.2. The molecule has 6 nitrogen and oxygen atoms in total. The molecular weight excluding hydrogens is 292 g/mol. The van der Waals surface area contributed by atoms with Gasteiger partial charge < -0.3 is 10.1 Å². The normalized spacial score (nSPS) is 10.3. The Balaban J connectivity index is 1.66. The largest absolute Gasteiger partial charge is 0.497 e. The van der Waals surface area contributed by atoms with Gasteiger partial charge in [0.2, 0.25) is 0 Å². The van der Waals surface area contributed by atoms with Crippen molar-refractivity contribution in [1.82, 2.24) is 20.5 Å². The topological polar surface area (TPSA) is 79.9 Å². The third kappa shape index (κ3) is 3.55. The van der Waals surface area contributed by atoms with E-state index in [-0.39, 0.29) is 5.91 Å². The summed E-state index contributed by atoms with van der Waals surface area (Å²) >= 11 is 0. The molecule has 0 spiro atoms. The summed E-state index contributed by atoms with van der Waals surface area (Å²) in [6.07, 6.45) is 3.37. The number of methoxy groups -OCH3 is 1. The Bertz CT molecular complexity index is 799. The van der Waals surface area contributed by atoms with E-state index in [0.717, 1.165) is 16.9 Å². The van der Waals surface area contributed by atoms with Crippen LogP contribution in [0.15, 0.2) is 54.9 Å². The van der Waals surface area contributed by atoms with Gasteiger partial charge in [-0.2, -0.15) is 5.10 Å². The monoisotopic (exact) mass is 308 g/mol. The SMILES string of the molecule is COc1cccc(CNC(=O)c2cc(-c3ccncc3)n[nH]2)c1. The van der Waals surface area contributed by atoms with Gasteiger partial charge in [-0.05, 0) is 35.9 Å². The Morgan fingerprint density at radius 1 is 1.22 bits per heavy atom. The maximum atomic E-state index is 12.2. The summed E-state index contributed by atoms with van der Waals surface area (Å²) < 4.78 is 5.16. The van der Waals surface area contributed by atoms with Crippen LogP contribution < -0.4 is 10.1 Å². The molecule has 3 aromatic rings. The van der Waals surface area contributed by atoms with Crippen molar-refractivity contribution in [2.75, 3.05) is 7.11 Å². The Hall–Kier alpha value is -3.15. The molecule has 0 saturated heterocycles. The summed E-state index contributed by atoms with van der Waals surface area (Å²) in [5, 5.41) is 9.77. The lowest BCUT2D eigenvalue weighted by Crippen LogP contribution is -2.23. The summed E-state index contributed by atoms with van der Waals surface area (Å²) in [5.74, 6) is 0.555. The zero-order valence-electron chi connectivity index (χ0n) is 12.6. The van der Waals surface area contributed by atoms with Gasteiger partial charge >= 0.3 is 0 Å². The molecule has 0 radical (unpaired) electrons. The minimum absolute atomic E-state index is 0.208. The molecule has 3 rings (SSSR count). The molecule has 1 aromatic carbocycles. The van der Waals surface area contributed by atoms with Crippen LogP contribution in [0, 0.1) is 0 Å². The van der Waals surface area contributed by atoms with E-state index >= 15 is 0 Å². The number of pyridine rings is 1. The summed E-state index contributed by atoms with van der Waals surface area (Å²) in [6.45, 7) is 0.416. The standard InChI is InChI=1S/C17H16N4O2/c1-23-14-4-2-3-12(9-14)11-19-17(22)16-10-15(20-21-16)13-5-7-18-8-6-13/h2-10H,11H2,1H3,(H,19,22)(H,20,21). The molecule has 2 aromatic heterocycles. The number of nitrogens with one attached hydrogen (secondary N) is 2. The highest BCUT2D eigenvalue weighted by Gasteiger charge is 2.10. The Morgan fingerprint density at radius 2 is 2.04 bits per heavy atom. The van der Waals surface area contributed by atoms with Gasteiger partial charge in [-0.15, -0.1) is 0 Å². The van der Waals surface area contributed by atoms with Crippen LogP contribution in [0.1, 0.15) is 16.1 Å². The average Bonchev–Trinajstić information content (AvgIpc) is 3.11. The molecule has 0 aliphatic rings. The first-order valence-electron chi connectivity index (χ1n) is 7.13. The molecule has 2 heterocycles. The van der Waals surface area contributed by atoms with E-state index in [2.05, 4.69) is 20.5 Å². The number of aromatic amines is 1. The van der Waals surface area contributed by atoms with Crippen molar-refractivity contribution >= 4 is 5.91 Å². The maximum absolute atomic E-state index is 12.2. The van der Waals surface area contributed by atoms with Crippen LogP contribution in [0.4, 0.5) is 0 Å². The molecule has 0 bridgehead atoms. The first kappa shape index (κ1) is 14.8. The zero-order valence-corrected chi connectivity index (χ0v) is 12.6.